The minimum absolute atomic E-state index is 0.00314. The Morgan fingerprint density at radius 2 is 1.92 bits per heavy atom. The monoisotopic (exact) mass is 367 g/mol. The van der Waals surface area contributed by atoms with Crippen LogP contribution in [-0.4, -0.2) is 63.1 Å². The van der Waals surface area contributed by atoms with Gasteiger partial charge in [0.25, 0.3) is 0 Å². The maximum Gasteiger partial charge on any atom is 0.230 e. The normalized spacial score (nSPS) is 26.3. The minimum Gasteiger partial charge on any atom is -0.497 e. The molecule has 2 heterocycles. The summed E-state index contributed by atoms with van der Waals surface area (Å²) < 4.78 is 34.7. The highest BCUT2D eigenvalue weighted by molar-refractivity contribution is 7.91. The molecule has 0 bridgehead atoms. The van der Waals surface area contributed by atoms with Crippen molar-refractivity contribution in [2.75, 3.05) is 31.8 Å². The lowest BCUT2D eigenvalue weighted by Gasteiger charge is -2.39. The third kappa shape index (κ3) is 3.67. The summed E-state index contributed by atoms with van der Waals surface area (Å²) in [5.41, 5.74) is 0.921. The first kappa shape index (κ1) is 18.2. The molecule has 0 radical (unpaired) electrons. The zero-order chi connectivity index (χ0) is 18.2. The Bertz CT molecular complexity index is 728. The van der Waals surface area contributed by atoms with E-state index in [1.165, 1.54) is 0 Å². The molecule has 0 aromatic heterocycles. The highest BCUT2D eigenvalue weighted by Crippen LogP contribution is 2.32. The Labute approximate surface area is 149 Å². The van der Waals surface area contributed by atoms with Gasteiger partial charge in [-0.1, -0.05) is 26.0 Å². The second-order valence-corrected chi connectivity index (χ2v) is 9.23. The van der Waals surface area contributed by atoms with Crippen molar-refractivity contribution >= 4 is 15.7 Å². The van der Waals surface area contributed by atoms with Crippen LogP contribution >= 0.6 is 0 Å². The number of amides is 1. The summed E-state index contributed by atoms with van der Waals surface area (Å²) in [6.07, 6.45) is -0.397. The number of hydrogen-bond acceptors (Lipinski definition) is 5. The van der Waals surface area contributed by atoms with E-state index in [0.717, 1.165) is 11.3 Å². The summed E-state index contributed by atoms with van der Waals surface area (Å²) >= 11 is 0. The van der Waals surface area contributed by atoms with E-state index in [9.17, 15) is 13.2 Å². The molecule has 3 unspecified atom stereocenters. The second-order valence-electron chi connectivity index (χ2n) is 7.08. The van der Waals surface area contributed by atoms with Gasteiger partial charge in [0.1, 0.15) is 5.75 Å². The van der Waals surface area contributed by atoms with Crippen LogP contribution in [0.25, 0.3) is 0 Å². The van der Waals surface area contributed by atoms with Crippen LogP contribution < -0.4 is 4.74 Å². The summed E-state index contributed by atoms with van der Waals surface area (Å²) in [6, 6.07) is 7.14. The van der Waals surface area contributed by atoms with Crippen LogP contribution in [-0.2, 0) is 19.4 Å². The first-order valence-corrected chi connectivity index (χ1v) is 10.4. The number of carbonyl (C=O) groups excluding carboxylic acids is 1. The number of morpholine rings is 1. The van der Waals surface area contributed by atoms with Crippen LogP contribution in [0, 0.1) is 5.92 Å². The van der Waals surface area contributed by atoms with E-state index in [2.05, 4.69) is 0 Å². The smallest absolute Gasteiger partial charge is 0.230 e. The lowest BCUT2D eigenvalue weighted by molar-refractivity contribution is -0.145. The van der Waals surface area contributed by atoms with Gasteiger partial charge in [-0.2, -0.15) is 0 Å². The Kier molecular flexibility index (Phi) is 5.06. The molecular formula is C18H25NO5S. The van der Waals surface area contributed by atoms with Crippen molar-refractivity contribution in [2.45, 2.75) is 31.9 Å². The standard InChI is InChI=1S/C18H25NO5S/c1-12(2)17(13-4-6-14(23-3)7-5-13)18(20)19-8-9-24-16-11-25(21,22)10-15(16)19/h4-7,12,15-17H,8-11H2,1-3H3. The Morgan fingerprint density at radius 3 is 2.52 bits per heavy atom. The van der Waals surface area contributed by atoms with E-state index in [0.29, 0.717) is 13.2 Å². The van der Waals surface area contributed by atoms with Crippen molar-refractivity contribution in [3.05, 3.63) is 29.8 Å². The minimum atomic E-state index is -3.15. The third-order valence-electron chi connectivity index (χ3n) is 5.03. The van der Waals surface area contributed by atoms with E-state index in [-0.39, 0.29) is 35.3 Å². The molecule has 138 valence electrons. The second kappa shape index (κ2) is 6.96. The molecule has 3 atom stereocenters. The van der Waals surface area contributed by atoms with Crippen LogP contribution in [0.1, 0.15) is 25.3 Å². The predicted octanol–water partition coefficient (Wildman–Crippen LogP) is 1.46. The molecule has 7 heteroatoms. The molecule has 3 rings (SSSR count). The average molecular weight is 367 g/mol. The summed E-state index contributed by atoms with van der Waals surface area (Å²) in [5, 5.41) is 0. The Hall–Kier alpha value is -1.60. The van der Waals surface area contributed by atoms with Crippen LogP contribution in [0.2, 0.25) is 0 Å². The fourth-order valence-corrected chi connectivity index (χ4v) is 5.66. The van der Waals surface area contributed by atoms with Crippen molar-refractivity contribution < 1.29 is 22.7 Å². The van der Waals surface area contributed by atoms with Gasteiger partial charge >= 0.3 is 0 Å². The van der Waals surface area contributed by atoms with Gasteiger partial charge in [-0.3, -0.25) is 4.79 Å². The average Bonchev–Trinajstić information content (AvgIpc) is 2.88. The number of ether oxygens (including phenoxy) is 2. The SMILES string of the molecule is COc1ccc(C(C(=O)N2CCOC3CS(=O)(=O)CC32)C(C)C)cc1. The van der Waals surface area contributed by atoms with Crippen molar-refractivity contribution in [3.8, 4) is 5.75 Å². The molecule has 25 heavy (non-hydrogen) atoms. The van der Waals surface area contributed by atoms with E-state index < -0.39 is 15.9 Å². The van der Waals surface area contributed by atoms with Gasteiger partial charge in [-0.05, 0) is 23.6 Å². The molecule has 0 saturated carbocycles. The number of carbonyl (C=O) groups is 1. The number of nitrogens with zero attached hydrogens (tertiary/aromatic N) is 1. The number of rotatable bonds is 4. The third-order valence-corrected chi connectivity index (χ3v) is 6.71. The molecule has 1 amide bonds. The van der Waals surface area contributed by atoms with Gasteiger partial charge in [-0.25, -0.2) is 8.42 Å². The van der Waals surface area contributed by atoms with Gasteiger partial charge in [0.15, 0.2) is 9.84 Å². The van der Waals surface area contributed by atoms with Gasteiger partial charge in [0.2, 0.25) is 5.91 Å². The number of hydrogen-bond donors (Lipinski definition) is 0. The zero-order valence-corrected chi connectivity index (χ0v) is 15.7. The molecule has 0 N–H and O–H groups in total. The van der Waals surface area contributed by atoms with Crippen LogP contribution in [0.5, 0.6) is 5.75 Å². The summed E-state index contributed by atoms with van der Waals surface area (Å²) in [6.45, 7) is 4.84. The highest BCUT2D eigenvalue weighted by Gasteiger charge is 2.47. The molecule has 6 nitrogen and oxygen atoms in total. The fourth-order valence-electron chi connectivity index (χ4n) is 3.79. The topological polar surface area (TPSA) is 72.9 Å². The predicted molar refractivity (Wildman–Crippen MR) is 94.5 cm³/mol. The zero-order valence-electron chi connectivity index (χ0n) is 14.8. The largest absolute Gasteiger partial charge is 0.497 e. The Morgan fingerprint density at radius 1 is 1.24 bits per heavy atom. The van der Waals surface area contributed by atoms with Gasteiger partial charge in [-0.15, -0.1) is 0 Å². The fraction of sp³-hybridized carbons (Fsp3) is 0.611. The lowest BCUT2D eigenvalue weighted by Crippen LogP contribution is -2.54. The summed E-state index contributed by atoms with van der Waals surface area (Å²) in [5.74, 6) is 0.517. The van der Waals surface area contributed by atoms with E-state index in [4.69, 9.17) is 9.47 Å². The first-order valence-electron chi connectivity index (χ1n) is 8.59. The molecule has 2 aliphatic heterocycles. The molecule has 1 aromatic carbocycles. The van der Waals surface area contributed by atoms with E-state index >= 15 is 0 Å². The van der Waals surface area contributed by atoms with Gasteiger partial charge in [0, 0.05) is 6.54 Å². The van der Waals surface area contributed by atoms with E-state index in [1.807, 2.05) is 38.1 Å². The molecule has 2 fully saturated rings. The Balaban J connectivity index is 1.87. The first-order chi connectivity index (χ1) is 11.8. The van der Waals surface area contributed by atoms with Crippen molar-refractivity contribution in [1.29, 1.82) is 0 Å². The molecular weight excluding hydrogens is 342 g/mol. The maximum absolute atomic E-state index is 13.3. The summed E-state index contributed by atoms with van der Waals surface area (Å²) in [4.78, 5) is 15.0. The molecule has 0 spiro atoms. The number of methoxy groups -OCH3 is 1. The van der Waals surface area contributed by atoms with Crippen molar-refractivity contribution in [3.63, 3.8) is 0 Å². The summed E-state index contributed by atoms with van der Waals surface area (Å²) in [7, 11) is -1.54. The van der Waals surface area contributed by atoms with E-state index in [1.54, 1.807) is 12.0 Å². The van der Waals surface area contributed by atoms with Crippen molar-refractivity contribution in [1.82, 2.24) is 4.90 Å². The highest BCUT2D eigenvalue weighted by atomic mass is 32.2. The maximum atomic E-state index is 13.3. The van der Waals surface area contributed by atoms with Crippen LogP contribution in [0.3, 0.4) is 0 Å². The number of benzene rings is 1. The lowest BCUT2D eigenvalue weighted by atomic mass is 9.86. The van der Waals surface area contributed by atoms with Crippen LogP contribution in [0.15, 0.2) is 24.3 Å². The molecule has 0 aliphatic carbocycles. The van der Waals surface area contributed by atoms with Gasteiger partial charge < -0.3 is 14.4 Å². The van der Waals surface area contributed by atoms with Gasteiger partial charge in [0.05, 0.1) is 43.3 Å². The molecule has 2 saturated heterocycles. The quantitative estimate of drug-likeness (QED) is 0.806. The number of sulfone groups is 1. The molecule has 2 aliphatic rings. The van der Waals surface area contributed by atoms with Crippen molar-refractivity contribution in [2.24, 2.45) is 5.92 Å². The number of fused-ring (bicyclic) bond motifs is 1. The molecule has 1 aromatic rings. The van der Waals surface area contributed by atoms with Crippen LogP contribution in [0.4, 0.5) is 0 Å².